The summed E-state index contributed by atoms with van der Waals surface area (Å²) in [5, 5.41) is 9.08. The summed E-state index contributed by atoms with van der Waals surface area (Å²) in [7, 11) is 3.28. The number of methoxy groups -OCH3 is 1. The number of hydrogen-bond donors (Lipinski definition) is 1. The predicted molar refractivity (Wildman–Crippen MR) is 68.9 cm³/mol. The summed E-state index contributed by atoms with van der Waals surface area (Å²) in [6.45, 7) is 0.750. The Morgan fingerprint density at radius 1 is 1.59 bits per heavy atom. The van der Waals surface area contributed by atoms with Crippen molar-refractivity contribution in [1.29, 1.82) is 0 Å². The van der Waals surface area contributed by atoms with Gasteiger partial charge < -0.3 is 9.84 Å². The van der Waals surface area contributed by atoms with Crippen LogP contribution in [-0.2, 0) is 16.1 Å². The van der Waals surface area contributed by atoms with Crippen molar-refractivity contribution in [3.8, 4) is 0 Å². The van der Waals surface area contributed by atoms with Crippen LogP contribution < -0.4 is 0 Å². The smallest absolute Gasteiger partial charge is 0.323 e. The summed E-state index contributed by atoms with van der Waals surface area (Å²) in [4.78, 5) is 12.8. The fraction of sp³-hybridized carbons (Fsp3) is 0.417. The number of rotatable bonds is 6. The molecule has 5 heteroatoms. The molecule has 94 valence electrons. The van der Waals surface area contributed by atoms with E-state index in [9.17, 15) is 4.79 Å². The molecule has 0 aliphatic carbocycles. The number of likely N-dealkylation sites (N-methyl/N-ethyl adjacent to an activating group) is 1. The molecule has 1 unspecified atom stereocenters. The Bertz CT molecular complexity index is 384. The van der Waals surface area contributed by atoms with Gasteiger partial charge in [0.15, 0.2) is 0 Å². The van der Waals surface area contributed by atoms with Crippen molar-refractivity contribution >= 4 is 21.9 Å². The number of halogens is 1. The van der Waals surface area contributed by atoms with E-state index in [-0.39, 0.29) is 6.61 Å². The molecule has 0 spiro atoms. The molecule has 0 heterocycles. The number of hydrogen-bond acceptors (Lipinski definition) is 3. The summed E-state index contributed by atoms with van der Waals surface area (Å²) in [5.74, 6) is -0.871. The highest BCUT2D eigenvalue weighted by Crippen LogP contribution is 2.14. The Morgan fingerprint density at radius 3 is 2.82 bits per heavy atom. The van der Waals surface area contributed by atoms with Crippen LogP contribution >= 0.6 is 15.9 Å². The molecule has 0 bridgehead atoms. The van der Waals surface area contributed by atoms with Gasteiger partial charge in [-0.05, 0) is 24.7 Å². The third kappa shape index (κ3) is 4.46. The highest BCUT2D eigenvalue weighted by molar-refractivity contribution is 9.10. The fourth-order valence-electron chi connectivity index (χ4n) is 1.58. The second kappa shape index (κ2) is 6.74. The van der Waals surface area contributed by atoms with E-state index in [2.05, 4.69) is 15.9 Å². The maximum Gasteiger partial charge on any atom is 0.323 e. The van der Waals surface area contributed by atoms with Gasteiger partial charge in [0.1, 0.15) is 6.04 Å². The van der Waals surface area contributed by atoms with Crippen LogP contribution in [0.5, 0.6) is 0 Å². The Morgan fingerprint density at radius 2 is 2.29 bits per heavy atom. The molecular weight excluding hydrogens is 286 g/mol. The summed E-state index contributed by atoms with van der Waals surface area (Å²) in [5.41, 5.74) is 1.06. The zero-order valence-electron chi connectivity index (χ0n) is 9.89. The van der Waals surface area contributed by atoms with E-state index in [1.807, 2.05) is 24.3 Å². The highest BCUT2D eigenvalue weighted by atomic mass is 79.9. The summed E-state index contributed by atoms with van der Waals surface area (Å²) in [6.07, 6.45) is 0. The van der Waals surface area contributed by atoms with E-state index < -0.39 is 12.0 Å². The molecule has 0 saturated heterocycles. The SMILES string of the molecule is COCC(C(=O)O)N(C)Cc1cccc(Br)c1. The van der Waals surface area contributed by atoms with Crippen LogP contribution in [0.2, 0.25) is 0 Å². The molecule has 17 heavy (non-hydrogen) atoms. The van der Waals surface area contributed by atoms with Gasteiger partial charge in [0.05, 0.1) is 6.61 Å². The normalized spacial score (nSPS) is 12.7. The first-order valence-electron chi connectivity index (χ1n) is 5.21. The van der Waals surface area contributed by atoms with Crippen molar-refractivity contribution in [1.82, 2.24) is 4.90 Å². The number of carboxylic acids is 1. The van der Waals surface area contributed by atoms with Gasteiger partial charge in [-0.3, -0.25) is 9.69 Å². The Kier molecular flexibility index (Phi) is 5.61. The van der Waals surface area contributed by atoms with Crippen LogP contribution in [0.4, 0.5) is 0 Å². The average molecular weight is 302 g/mol. The maximum absolute atomic E-state index is 11.1. The zero-order chi connectivity index (χ0) is 12.8. The molecule has 1 atom stereocenters. The molecule has 1 aromatic carbocycles. The van der Waals surface area contributed by atoms with E-state index in [0.717, 1.165) is 10.0 Å². The molecule has 1 rings (SSSR count). The average Bonchev–Trinajstić information content (AvgIpc) is 2.25. The van der Waals surface area contributed by atoms with E-state index in [1.54, 1.807) is 11.9 Å². The predicted octanol–water partition coefficient (Wildman–Crippen LogP) is 1.98. The number of aliphatic carboxylic acids is 1. The molecule has 0 aliphatic rings. The third-order valence-corrected chi connectivity index (χ3v) is 2.96. The van der Waals surface area contributed by atoms with Crippen LogP contribution in [0, 0.1) is 0 Å². The van der Waals surface area contributed by atoms with Crippen LogP contribution in [-0.4, -0.2) is 42.8 Å². The van der Waals surface area contributed by atoms with Gasteiger partial charge >= 0.3 is 5.97 Å². The van der Waals surface area contributed by atoms with Gasteiger partial charge in [-0.1, -0.05) is 28.1 Å². The summed E-state index contributed by atoms with van der Waals surface area (Å²) >= 11 is 3.39. The van der Waals surface area contributed by atoms with Gasteiger partial charge in [-0.15, -0.1) is 0 Å². The quantitative estimate of drug-likeness (QED) is 0.873. The molecule has 0 amide bonds. The van der Waals surface area contributed by atoms with Gasteiger partial charge in [-0.25, -0.2) is 0 Å². The van der Waals surface area contributed by atoms with Gasteiger partial charge in [0, 0.05) is 18.1 Å². The fourth-order valence-corrected chi connectivity index (χ4v) is 2.03. The number of carbonyl (C=O) groups is 1. The van der Waals surface area contributed by atoms with Crippen molar-refractivity contribution in [2.45, 2.75) is 12.6 Å². The van der Waals surface area contributed by atoms with Gasteiger partial charge in [0.2, 0.25) is 0 Å². The standard InChI is InChI=1S/C12H16BrNO3/c1-14(11(8-17-2)12(15)16)7-9-4-3-5-10(13)6-9/h3-6,11H,7-8H2,1-2H3,(H,15,16). The lowest BCUT2D eigenvalue weighted by Gasteiger charge is -2.24. The lowest BCUT2D eigenvalue weighted by molar-refractivity contribution is -0.144. The summed E-state index contributed by atoms with van der Waals surface area (Å²) < 4.78 is 5.90. The van der Waals surface area contributed by atoms with Crippen molar-refractivity contribution in [3.05, 3.63) is 34.3 Å². The van der Waals surface area contributed by atoms with Crippen LogP contribution in [0.1, 0.15) is 5.56 Å². The molecule has 0 radical (unpaired) electrons. The van der Waals surface area contributed by atoms with Crippen molar-refractivity contribution < 1.29 is 14.6 Å². The second-order valence-electron chi connectivity index (χ2n) is 3.85. The van der Waals surface area contributed by atoms with E-state index >= 15 is 0 Å². The van der Waals surface area contributed by atoms with Crippen molar-refractivity contribution in [2.75, 3.05) is 20.8 Å². The molecule has 0 saturated carbocycles. The Labute approximate surface area is 109 Å². The lowest BCUT2D eigenvalue weighted by Crippen LogP contribution is -2.41. The van der Waals surface area contributed by atoms with Crippen LogP contribution in [0.15, 0.2) is 28.7 Å². The zero-order valence-corrected chi connectivity index (χ0v) is 11.5. The van der Waals surface area contributed by atoms with E-state index in [1.165, 1.54) is 7.11 Å². The van der Waals surface area contributed by atoms with Crippen molar-refractivity contribution in [2.24, 2.45) is 0 Å². The van der Waals surface area contributed by atoms with Crippen LogP contribution in [0.25, 0.3) is 0 Å². The minimum absolute atomic E-state index is 0.180. The number of ether oxygens (including phenoxy) is 1. The van der Waals surface area contributed by atoms with E-state index in [0.29, 0.717) is 6.54 Å². The molecule has 4 nitrogen and oxygen atoms in total. The van der Waals surface area contributed by atoms with Gasteiger partial charge in [-0.2, -0.15) is 0 Å². The van der Waals surface area contributed by atoms with Crippen molar-refractivity contribution in [3.63, 3.8) is 0 Å². The van der Waals surface area contributed by atoms with Gasteiger partial charge in [0.25, 0.3) is 0 Å². The summed E-state index contributed by atoms with van der Waals surface area (Å²) in [6, 6.07) is 7.18. The monoisotopic (exact) mass is 301 g/mol. The molecule has 0 fully saturated rings. The maximum atomic E-state index is 11.1. The minimum atomic E-state index is -0.871. The number of carboxylic acid groups (broad SMARTS) is 1. The lowest BCUT2D eigenvalue weighted by atomic mass is 10.2. The third-order valence-electron chi connectivity index (χ3n) is 2.46. The molecule has 1 aromatic rings. The number of benzene rings is 1. The molecule has 0 aromatic heterocycles. The first kappa shape index (κ1) is 14.2. The second-order valence-corrected chi connectivity index (χ2v) is 4.77. The van der Waals surface area contributed by atoms with E-state index in [4.69, 9.17) is 9.84 Å². The first-order valence-corrected chi connectivity index (χ1v) is 6.00. The number of nitrogens with zero attached hydrogens (tertiary/aromatic N) is 1. The molecule has 0 aliphatic heterocycles. The Balaban J connectivity index is 2.69. The highest BCUT2D eigenvalue weighted by Gasteiger charge is 2.22. The first-order chi connectivity index (χ1) is 8.04. The van der Waals surface area contributed by atoms with Crippen LogP contribution in [0.3, 0.4) is 0 Å². The topological polar surface area (TPSA) is 49.8 Å². The molecule has 1 N–H and O–H groups in total. The minimum Gasteiger partial charge on any atom is -0.480 e. The molecular formula is C12H16BrNO3. The Hall–Kier alpha value is -0.910. The largest absolute Gasteiger partial charge is 0.480 e.